The lowest BCUT2D eigenvalue weighted by molar-refractivity contribution is -0.122. The summed E-state index contributed by atoms with van der Waals surface area (Å²) in [6.45, 7) is 1.64. The molecule has 226 valence electrons. The SMILES string of the molecule is COc1ccc(N2C(=O)C3Sc4c(sc(=O)n4CC(=O)Nc4ccccc4C)C(c4ccc(OC)c(OC)c4)C3C2=O)cc1. The van der Waals surface area contributed by atoms with E-state index in [9.17, 15) is 19.2 Å². The van der Waals surface area contributed by atoms with Crippen molar-refractivity contribution in [1.29, 1.82) is 0 Å². The first-order valence-electron chi connectivity index (χ1n) is 13.7. The van der Waals surface area contributed by atoms with Gasteiger partial charge in [-0.2, -0.15) is 0 Å². The Kier molecular flexibility index (Phi) is 7.95. The van der Waals surface area contributed by atoms with Gasteiger partial charge >= 0.3 is 4.87 Å². The molecule has 1 fully saturated rings. The minimum atomic E-state index is -0.824. The summed E-state index contributed by atoms with van der Waals surface area (Å²) >= 11 is 2.15. The van der Waals surface area contributed by atoms with Crippen LogP contribution in [-0.2, 0) is 20.9 Å². The number of fused-ring (bicyclic) bond motifs is 2. The maximum absolute atomic E-state index is 14.1. The molecule has 1 N–H and O–H groups in total. The van der Waals surface area contributed by atoms with E-state index in [2.05, 4.69) is 5.32 Å². The third kappa shape index (κ3) is 5.03. The molecule has 3 unspecified atom stereocenters. The highest BCUT2D eigenvalue weighted by molar-refractivity contribution is 8.00. The molecule has 44 heavy (non-hydrogen) atoms. The second-order valence-electron chi connectivity index (χ2n) is 10.4. The number of amides is 3. The number of thiazole rings is 1. The maximum Gasteiger partial charge on any atom is 0.308 e. The van der Waals surface area contributed by atoms with Crippen LogP contribution in [0.2, 0.25) is 0 Å². The topological polar surface area (TPSA) is 116 Å². The van der Waals surface area contributed by atoms with Gasteiger partial charge < -0.3 is 19.5 Å². The lowest BCUT2D eigenvalue weighted by Gasteiger charge is -2.31. The van der Waals surface area contributed by atoms with Gasteiger partial charge in [0, 0.05) is 16.5 Å². The number of carbonyl (C=O) groups is 3. The standard InChI is InChI=1S/C32H29N3O7S2/c1-17-7-5-6-8-21(17)33-24(36)16-34-31-28(44-32(34)39)25(18-9-14-22(41-3)23(15-18)42-4)26-27(43-31)30(38)35(29(26)37)19-10-12-20(40-2)13-11-19/h5-15,25-27H,16H2,1-4H3,(H,33,36). The molecule has 10 nitrogen and oxygen atoms in total. The van der Waals surface area contributed by atoms with Crippen LogP contribution in [0.1, 0.15) is 21.9 Å². The number of nitrogens with zero attached hydrogens (tertiary/aromatic N) is 2. The van der Waals surface area contributed by atoms with Gasteiger partial charge in [0.1, 0.15) is 17.5 Å². The van der Waals surface area contributed by atoms with Crippen LogP contribution in [0.25, 0.3) is 0 Å². The van der Waals surface area contributed by atoms with E-state index < -0.39 is 17.1 Å². The molecule has 1 aromatic heterocycles. The van der Waals surface area contributed by atoms with Crippen LogP contribution in [0, 0.1) is 12.8 Å². The number of thioether (sulfide) groups is 1. The van der Waals surface area contributed by atoms with Crippen molar-refractivity contribution >= 4 is 52.2 Å². The summed E-state index contributed by atoms with van der Waals surface area (Å²) in [6.07, 6.45) is 0. The Labute approximate surface area is 261 Å². The molecule has 0 spiro atoms. The second-order valence-corrected chi connectivity index (χ2v) is 12.5. The van der Waals surface area contributed by atoms with Gasteiger partial charge in [0.05, 0.1) is 38.0 Å². The first-order chi connectivity index (χ1) is 21.2. The zero-order chi connectivity index (χ0) is 31.1. The summed E-state index contributed by atoms with van der Waals surface area (Å²) in [6, 6.07) is 19.4. The molecule has 1 saturated heterocycles. The van der Waals surface area contributed by atoms with Gasteiger partial charge in [-0.3, -0.25) is 23.7 Å². The number of benzene rings is 3. The highest BCUT2D eigenvalue weighted by Gasteiger charge is 2.57. The summed E-state index contributed by atoms with van der Waals surface area (Å²) in [4.78, 5) is 56.2. The number of hydrogen-bond acceptors (Lipinski definition) is 9. The summed E-state index contributed by atoms with van der Waals surface area (Å²) in [5.74, 6) is -1.02. The summed E-state index contributed by atoms with van der Waals surface area (Å²) < 4.78 is 17.6. The molecule has 0 bridgehead atoms. The second kappa shape index (κ2) is 11.9. The zero-order valence-corrected chi connectivity index (χ0v) is 26.0. The number of aromatic nitrogens is 1. The zero-order valence-electron chi connectivity index (χ0n) is 24.4. The van der Waals surface area contributed by atoms with Gasteiger partial charge in [-0.25, -0.2) is 4.90 Å². The maximum atomic E-state index is 14.1. The molecule has 6 rings (SSSR count). The van der Waals surface area contributed by atoms with E-state index in [0.717, 1.165) is 28.7 Å². The monoisotopic (exact) mass is 631 g/mol. The number of methoxy groups -OCH3 is 3. The number of anilines is 2. The number of aryl methyl sites for hydroxylation is 1. The number of para-hydroxylation sites is 1. The Morgan fingerprint density at radius 3 is 2.30 bits per heavy atom. The Morgan fingerprint density at radius 2 is 1.61 bits per heavy atom. The van der Waals surface area contributed by atoms with Crippen LogP contribution in [0.5, 0.6) is 17.2 Å². The van der Waals surface area contributed by atoms with Gasteiger partial charge in [-0.05, 0) is 60.5 Å². The van der Waals surface area contributed by atoms with Crippen LogP contribution in [0.3, 0.4) is 0 Å². The lowest BCUT2D eigenvalue weighted by Crippen LogP contribution is -2.33. The van der Waals surface area contributed by atoms with E-state index in [1.807, 2.05) is 31.2 Å². The first-order valence-corrected chi connectivity index (χ1v) is 15.4. The summed E-state index contributed by atoms with van der Waals surface area (Å²) in [5, 5.41) is 2.55. The minimum Gasteiger partial charge on any atom is -0.497 e. The highest BCUT2D eigenvalue weighted by atomic mass is 32.2. The van der Waals surface area contributed by atoms with Crippen LogP contribution < -0.4 is 29.3 Å². The molecule has 4 aromatic rings. The number of hydrogen-bond donors (Lipinski definition) is 1. The minimum absolute atomic E-state index is 0.244. The van der Waals surface area contributed by atoms with Crippen molar-refractivity contribution in [1.82, 2.24) is 4.57 Å². The van der Waals surface area contributed by atoms with Crippen LogP contribution >= 0.6 is 23.1 Å². The molecular formula is C32H29N3O7S2. The molecule has 3 atom stereocenters. The van der Waals surface area contributed by atoms with Crippen molar-refractivity contribution < 1.29 is 28.6 Å². The largest absolute Gasteiger partial charge is 0.497 e. The predicted octanol–water partition coefficient (Wildman–Crippen LogP) is 4.68. The smallest absolute Gasteiger partial charge is 0.308 e. The van der Waals surface area contributed by atoms with Crippen LogP contribution in [-0.4, -0.2) is 48.9 Å². The van der Waals surface area contributed by atoms with Gasteiger partial charge in [0.25, 0.3) is 0 Å². The third-order valence-corrected chi connectivity index (χ3v) is 10.5. The fourth-order valence-corrected chi connectivity index (χ4v) is 8.47. The molecule has 2 aliphatic heterocycles. The fraction of sp³-hybridized carbons (Fsp3) is 0.250. The normalized spacial score (nSPS) is 18.9. The lowest BCUT2D eigenvalue weighted by atomic mass is 9.83. The molecule has 0 aliphatic carbocycles. The average molecular weight is 632 g/mol. The predicted molar refractivity (Wildman–Crippen MR) is 168 cm³/mol. The number of rotatable bonds is 8. The van der Waals surface area contributed by atoms with E-state index in [0.29, 0.717) is 44.1 Å². The molecule has 3 aromatic carbocycles. The Morgan fingerprint density at radius 1 is 0.886 bits per heavy atom. The van der Waals surface area contributed by atoms with Crippen LogP contribution in [0.15, 0.2) is 76.6 Å². The average Bonchev–Trinajstić information content (AvgIpc) is 3.47. The summed E-state index contributed by atoms with van der Waals surface area (Å²) in [7, 11) is 4.59. The van der Waals surface area contributed by atoms with Crippen molar-refractivity contribution in [3.63, 3.8) is 0 Å². The van der Waals surface area contributed by atoms with Gasteiger partial charge in [-0.1, -0.05) is 47.4 Å². The number of ether oxygens (including phenoxy) is 3. The van der Waals surface area contributed by atoms with Gasteiger partial charge in [0.2, 0.25) is 17.7 Å². The highest BCUT2D eigenvalue weighted by Crippen LogP contribution is 2.54. The number of imide groups is 1. The third-order valence-electron chi connectivity index (χ3n) is 7.87. The van der Waals surface area contributed by atoms with Crippen LogP contribution in [0.4, 0.5) is 11.4 Å². The fourth-order valence-electron chi connectivity index (χ4n) is 5.69. The van der Waals surface area contributed by atoms with Crippen molar-refractivity contribution in [3.8, 4) is 17.2 Å². The van der Waals surface area contributed by atoms with Crippen molar-refractivity contribution in [2.75, 3.05) is 31.5 Å². The molecule has 0 radical (unpaired) electrons. The molecule has 2 aliphatic rings. The molecule has 3 amide bonds. The van der Waals surface area contributed by atoms with Crippen molar-refractivity contribution in [2.45, 2.75) is 29.7 Å². The first kappa shape index (κ1) is 29.5. The Bertz CT molecular complexity index is 1830. The summed E-state index contributed by atoms with van der Waals surface area (Å²) in [5.41, 5.74) is 2.66. The van der Waals surface area contributed by atoms with Crippen molar-refractivity contribution in [3.05, 3.63) is 92.4 Å². The quantitative estimate of drug-likeness (QED) is 0.279. The van der Waals surface area contributed by atoms with E-state index >= 15 is 0 Å². The Hall–Kier alpha value is -4.55. The number of carbonyl (C=O) groups excluding carboxylic acids is 3. The van der Waals surface area contributed by atoms with E-state index in [4.69, 9.17) is 14.2 Å². The van der Waals surface area contributed by atoms with Crippen molar-refractivity contribution in [2.24, 2.45) is 5.92 Å². The van der Waals surface area contributed by atoms with E-state index in [1.54, 1.807) is 49.6 Å². The van der Waals surface area contributed by atoms with Gasteiger partial charge in [0.15, 0.2) is 11.5 Å². The molecule has 3 heterocycles. The van der Waals surface area contributed by atoms with Gasteiger partial charge in [-0.15, -0.1) is 0 Å². The molecular weight excluding hydrogens is 603 g/mol. The Balaban J connectivity index is 1.44. The molecule has 0 saturated carbocycles. The van der Waals surface area contributed by atoms with E-state index in [1.165, 1.54) is 23.7 Å². The number of nitrogens with one attached hydrogen (secondary N) is 1. The van der Waals surface area contributed by atoms with E-state index in [-0.39, 0.29) is 29.1 Å². The molecule has 12 heteroatoms.